The van der Waals surface area contributed by atoms with Crippen molar-refractivity contribution < 1.29 is 9.53 Å². The van der Waals surface area contributed by atoms with E-state index in [-0.39, 0.29) is 0 Å². The fourth-order valence-electron chi connectivity index (χ4n) is 2.39. The molecule has 3 rings (SSSR count). The summed E-state index contributed by atoms with van der Waals surface area (Å²) >= 11 is 11.8. The van der Waals surface area contributed by atoms with Gasteiger partial charge in [0.05, 0.1) is 17.2 Å². The summed E-state index contributed by atoms with van der Waals surface area (Å²) in [4.78, 5) is 12.1. The third-order valence-corrected chi connectivity index (χ3v) is 4.22. The van der Waals surface area contributed by atoms with Crippen LogP contribution in [-0.2, 0) is 0 Å². The maximum absolute atomic E-state index is 12.1. The lowest BCUT2D eigenvalue weighted by molar-refractivity contribution is 0.0735. The first-order valence-electron chi connectivity index (χ1n) is 8.01. The first kappa shape index (κ1) is 18.7. The molecule has 0 fully saturated rings. The van der Waals surface area contributed by atoms with Crippen molar-refractivity contribution in [3.8, 4) is 11.8 Å². The number of carbonyl (C=O) groups excluding carboxylic acids is 1. The molecule has 3 aromatic carbocycles. The highest BCUT2D eigenvalue weighted by Crippen LogP contribution is 2.22. The summed E-state index contributed by atoms with van der Waals surface area (Å²) in [5.41, 5.74) is 2.44. The topological polar surface area (TPSA) is 50.1 Å². The standard InChI is InChI=1S/C22H13Cl2NO2/c23-19-8-6-16(7-9-19)22(26)27-21-10-4-15(5-11-21)12-18(14-25)17-2-1-3-20(24)13-17/h1-13H/b18-12-. The molecule has 0 radical (unpaired) electrons. The molecule has 0 bridgehead atoms. The van der Waals surface area contributed by atoms with Gasteiger partial charge in [-0.1, -0.05) is 47.5 Å². The molecule has 0 heterocycles. The van der Waals surface area contributed by atoms with Gasteiger partial charge in [-0.25, -0.2) is 4.79 Å². The molecule has 0 aliphatic rings. The van der Waals surface area contributed by atoms with Gasteiger partial charge in [-0.2, -0.15) is 5.26 Å². The smallest absolute Gasteiger partial charge is 0.343 e. The van der Waals surface area contributed by atoms with Gasteiger partial charge in [-0.3, -0.25) is 0 Å². The number of ether oxygens (including phenoxy) is 1. The third kappa shape index (κ3) is 4.98. The molecule has 0 atom stereocenters. The van der Waals surface area contributed by atoms with Crippen LogP contribution in [0.25, 0.3) is 11.6 Å². The number of allylic oxidation sites excluding steroid dienone is 1. The summed E-state index contributed by atoms with van der Waals surface area (Å²) < 4.78 is 5.34. The Morgan fingerprint density at radius 1 is 0.889 bits per heavy atom. The number of nitrogens with zero attached hydrogens (tertiary/aromatic N) is 1. The van der Waals surface area contributed by atoms with Crippen molar-refractivity contribution in [2.45, 2.75) is 0 Å². The van der Waals surface area contributed by atoms with Crippen LogP contribution in [0.3, 0.4) is 0 Å². The monoisotopic (exact) mass is 393 g/mol. The zero-order chi connectivity index (χ0) is 19.2. The van der Waals surface area contributed by atoms with E-state index in [1.54, 1.807) is 72.8 Å². The minimum Gasteiger partial charge on any atom is -0.423 e. The van der Waals surface area contributed by atoms with Gasteiger partial charge < -0.3 is 4.74 Å². The maximum Gasteiger partial charge on any atom is 0.343 e. The van der Waals surface area contributed by atoms with Crippen LogP contribution in [0, 0.1) is 11.3 Å². The van der Waals surface area contributed by atoms with Crippen LogP contribution in [0.4, 0.5) is 0 Å². The summed E-state index contributed by atoms with van der Waals surface area (Å²) in [6.45, 7) is 0. The van der Waals surface area contributed by atoms with E-state index in [0.717, 1.165) is 11.1 Å². The van der Waals surface area contributed by atoms with Gasteiger partial charge in [0, 0.05) is 10.0 Å². The number of benzene rings is 3. The van der Waals surface area contributed by atoms with E-state index in [0.29, 0.717) is 26.9 Å². The number of carbonyl (C=O) groups is 1. The zero-order valence-corrected chi connectivity index (χ0v) is 15.5. The van der Waals surface area contributed by atoms with Crippen molar-refractivity contribution in [1.82, 2.24) is 0 Å². The lowest BCUT2D eigenvalue weighted by Crippen LogP contribution is -2.08. The van der Waals surface area contributed by atoms with E-state index in [1.807, 2.05) is 6.07 Å². The molecule has 0 aliphatic carbocycles. The van der Waals surface area contributed by atoms with E-state index in [9.17, 15) is 10.1 Å². The Bertz CT molecular complexity index is 1030. The molecule has 0 spiro atoms. The predicted molar refractivity (Wildman–Crippen MR) is 108 cm³/mol. The zero-order valence-electron chi connectivity index (χ0n) is 14.0. The van der Waals surface area contributed by atoms with Crippen LogP contribution in [0.2, 0.25) is 10.0 Å². The summed E-state index contributed by atoms with van der Waals surface area (Å²) in [5.74, 6) is -0.0556. The summed E-state index contributed by atoms with van der Waals surface area (Å²) in [5, 5.41) is 10.5. The van der Waals surface area contributed by atoms with Gasteiger partial charge in [0.2, 0.25) is 0 Å². The molecule has 132 valence electrons. The number of nitriles is 1. The van der Waals surface area contributed by atoms with Gasteiger partial charge in [-0.15, -0.1) is 0 Å². The minimum absolute atomic E-state index is 0.411. The van der Waals surface area contributed by atoms with Gasteiger partial charge in [0.25, 0.3) is 0 Å². The Balaban J connectivity index is 1.75. The summed E-state index contributed by atoms with van der Waals surface area (Å²) in [7, 11) is 0. The van der Waals surface area contributed by atoms with Crippen molar-refractivity contribution in [2.24, 2.45) is 0 Å². The predicted octanol–water partition coefficient (Wildman–Crippen LogP) is 6.28. The Labute approximate surface area is 167 Å². The van der Waals surface area contributed by atoms with Crippen LogP contribution in [0.15, 0.2) is 72.8 Å². The molecular formula is C22H13Cl2NO2. The highest BCUT2D eigenvalue weighted by molar-refractivity contribution is 6.31. The molecule has 3 aromatic rings. The van der Waals surface area contributed by atoms with Crippen molar-refractivity contribution >= 4 is 40.8 Å². The second-order valence-corrected chi connectivity index (χ2v) is 6.52. The van der Waals surface area contributed by atoms with Crippen molar-refractivity contribution in [3.05, 3.63) is 99.5 Å². The average Bonchev–Trinajstić information content (AvgIpc) is 2.68. The molecule has 0 amide bonds. The molecule has 5 heteroatoms. The first-order chi connectivity index (χ1) is 13.0. The van der Waals surface area contributed by atoms with E-state index in [2.05, 4.69) is 6.07 Å². The van der Waals surface area contributed by atoms with Crippen LogP contribution < -0.4 is 4.74 Å². The van der Waals surface area contributed by atoms with E-state index in [1.165, 1.54) is 0 Å². The molecule has 3 nitrogen and oxygen atoms in total. The van der Waals surface area contributed by atoms with E-state index < -0.39 is 5.97 Å². The van der Waals surface area contributed by atoms with E-state index in [4.69, 9.17) is 27.9 Å². The summed E-state index contributed by atoms with van der Waals surface area (Å²) in [6, 6.07) is 22.6. The largest absolute Gasteiger partial charge is 0.423 e. The molecule has 0 N–H and O–H groups in total. The lowest BCUT2D eigenvalue weighted by Gasteiger charge is -2.05. The van der Waals surface area contributed by atoms with Gasteiger partial charge in [0.15, 0.2) is 0 Å². The lowest BCUT2D eigenvalue weighted by atomic mass is 10.0. The van der Waals surface area contributed by atoms with Crippen molar-refractivity contribution in [2.75, 3.05) is 0 Å². The van der Waals surface area contributed by atoms with Crippen molar-refractivity contribution in [3.63, 3.8) is 0 Å². The molecule has 0 saturated carbocycles. The van der Waals surface area contributed by atoms with Crippen LogP contribution in [0.1, 0.15) is 21.5 Å². The van der Waals surface area contributed by atoms with Gasteiger partial charge in [0.1, 0.15) is 5.75 Å². The third-order valence-electron chi connectivity index (χ3n) is 3.74. The first-order valence-corrected chi connectivity index (χ1v) is 8.76. The molecular weight excluding hydrogens is 381 g/mol. The highest BCUT2D eigenvalue weighted by Gasteiger charge is 2.08. The minimum atomic E-state index is -0.466. The van der Waals surface area contributed by atoms with Crippen LogP contribution in [-0.4, -0.2) is 5.97 Å². The fourth-order valence-corrected chi connectivity index (χ4v) is 2.70. The van der Waals surface area contributed by atoms with Crippen LogP contribution in [0.5, 0.6) is 5.75 Å². The Kier molecular flexibility index (Phi) is 5.93. The van der Waals surface area contributed by atoms with E-state index >= 15 is 0 Å². The SMILES string of the molecule is N#C/C(=C/c1ccc(OC(=O)c2ccc(Cl)cc2)cc1)c1cccc(Cl)c1. The number of esters is 1. The number of hydrogen-bond acceptors (Lipinski definition) is 3. The molecule has 0 aromatic heterocycles. The molecule has 0 aliphatic heterocycles. The molecule has 0 saturated heterocycles. The Morgan fingerprint density at radius 3 is 2.22 bits per heavy atom. The second kappa shape index (κ2) is 8.55. The molecule has 0 unspecified atom stereocenters. The van der Waals surface area contributed by atoms with Crippen LogP contribution >= 0.6 is 23.2 Å². The molecule has 27 heavy (non-hydrogen) atoms. The fraction of sp³-hybridized carbons (Fsp3) is 0. The average molecular weight is 394 g/mol. The maximum atomic E-state index is 12.1. The summed E-state index contributed by atoms with van der Waals surface area (Å²) in [6.07, 6.45) is 1.75. The Hall–Kier alpha value is -3.06. The second-order valence-electron chi connectivity index (χ2n) is 5.65. The quantitative estimate of drug-likeness (QED) is 0.227. The normalized spacial score (nSPS) is 10.9. The number of halogens is 2. The van der Waals surface area contributed by atoms with Gasteiger partial charge in [-0.05, 0) is 65.7 Å². The van der Waals surface area contributed by atoms with Crippen molar-refractivity contribution in [1.29, 1.82) is 5.26 Å². The Morgan fingerprint density at radius 2 is 1.59 bits per heavy atom. The highest BCUT2D eigenvalue weighted by atomic mass is 35.5. The number of hydrogen-bond donors (Lipinski definition) is 0. The van der Waals surface area contributed by atoms with Gasteiger partial charge >= 0.3 is 5.97 Å². The number of rotatable bonds is 4.